The van der Waals surface area contributed by atoms with Crippen LogP contribution in [0.4, 0.5) is 5.69 Å². The number of amides is 1. The van der Waals surface area contributed by atoms with Crippen LogP contribution in [0, 0.1) is 0 Å². The molecule has 0 aliphatic carbocycles. The largest absolute Gasteiger partial charge is 0.497 e. The first-order chi connectivity index (χ1) is 10.1. The lowest BCUT2D eigenvalue weighted by molar-refractivity contribution is -0.135. The van der Waals surface area contributed by atoms with Crippen molar-refractivity contribution in [2.45, 2.75) is 0 Å². The summed E-state index contributed by atoms with van der Waals surface area (Å²) in [7, 11) is 1.51. The van der Waals surface area contributed by atoms with Crippen molar-refractivity contribution >= 4 is 17.6 Å². The van der Waals surface area contributed by atoms with Crippen LogP contribution < -0.4 is 9.64 Å². The van der Waals surface area contributed by atoms with E-state index in [0.29, 0.717) is 17.0 Å². The highest BCUT2D eigenvalue weighted by molar-refractivity contribution is 6.08. The Morgan fingerprint density at radius 3 is 2.43 bits per heavy atom. The summed E-state index contributed by atoms with van der Waals surface area (Å²) in [6.45, 7) is -0.403. The number of methoxy groups -OCH3 is 1. The summed E-state index contributed by atoms with van der Waals surface area (Å²) in [5, 5.41) is 9.02. The molecule has 0 aliphatic heterocycles. The van der Waals surface area contributed by atoms with Gasteiger partial charge in [-0.2, -0.15) is 0 Å². The van der Waals surface area contributed by atoms with E-state index in [1.807, 2.05) is 0 Å². The second kappa shape index (κ2) is 6.56. The predicted molar refractivity (Wildman–Crippen MR) is 78.7 cm³/mol. The molecule has 0 saturated carbocycles. The van der Waals surface area contributed by atoms with Crippen LogP contribution in [-0.4, -0.2) is 30.6 Å². The number of hydrogen-bond donors (Lipinski definition) is 1. The van der Waals surface area contributed by atoms with Gasteiger partial charge in [0, 0.05) is 11.3 Å². The molecule has 2 aromatic rings. The summed E-state index contributed by atoms with van der Waals surface area (Å²) < 4.78 is 5.08. The molecule has 0 bridgehead atoms. The number of aliphatic carboxylic acids is 1. The SMILES string of the molecule is COc1cccc(C(=O)N(CC(=O)O)c2ccccc2)c1. The Morgan fingerprint density at radius 2 is 1.81 bits per heavy atom. The molecule has 5 heteroatoms. The Balaban J connectivity index is 2.36. The second-order valence-electron chi connectivity index (χ2n) is 4.35. The highest BCUT2D eigenvalue weighted by Gasteiger charge is 2.20. The standard InChI is InChI=1S/C16H15NO4/c1-21-14-9-5-6-12(10-14)16(20)17(11-15(18)19)13-7-3-2-4-8-13/h2-10H,11H2,1H3,(H,18,19). The van der Waals surface area contributed by atoms with E-state index in [1.54, 1.807) is 54.6 Å². The zero-order valence-corrected chi connectivity index (χ0v) is 11.5. The number of benzene rings is 2. The first-order valence-corrected chi connectivity index (χ1v) is 6.34. The van der Waals surface area contributed by atoms with Crippen LogP contribution in [0.3, 0.4) is 0 Å². The summed E-state index contributed by atoms with van der Waals surface area (Å²) in [5.41, 5.74) is 0.909. The van der Waals surface area contributed by atoms with E-state index in [0.717, 1.165) is 0 Å². The number of carboxylic acids is 1. The van der Waals surface area contributed by atoms with E-state index < -0.39 is 12.5 Å². The Hall–Kier alpha value is -2.82. The van der Waals surface area contributed by atoms with Crippen LogP contribution in [-0.2, 0) is 4.79 Å². The summed E-state index contributed by atoms with van der Waals surface area (Å²) in [4.78, 5) is 24.8. The number of carbonyl (C=O) groups excluding carboxylic acids is 1. The van der Waals surface area contributed by atoms with Crippen molar-refractivity contribution in [3.8, 4) is 5.75 Å². The van der Waals surface area contributed by atoms with Crippen molar-refractivity contribution in [1.82, 2.24) is 0 Å². The highest BCUT2D eigenvalue weighted by atomic mass is 16.5. The van der Waals surface area contributed by atoms with Crippen LogP contribution in [0.5, 0.6) is 5.75 Å². The minimum absolute atomic E-state index is 0.374. The number of carboxylic acid groups (broad SMARTS) is 1. The van der Waals surface area contributed by atoms with Gasteiger partial charge in [-0.25, -0.2) is 0 Å². The minimum Gasteiger partial charge on any atom is -0.497 e. The van der Waals surface area contributed by atoms with Gasteiger partial charge in [-0.3, -0.25) is 14.5 Å². The third kappa shape index (κ3) is 3.60. The Labute approximate surface area is 122 Å². The summed E-state index contributed by atoms with van der Waals surface area (Å²) in [6.07, 6.45) is 0. The summed E-state index contributed by atoms with van der Waals surface area (Å²) in [5.74, 6) is -0.915. The third-order valence-electron chi connectivity index (χ3n) is 2.92. The van der Waals surface area contributed by atoms with Gasteiger partial charge >= 0.3 is 5.97 Å². The number of para-hydroxylation sites is 1. The molecule has 108 valence electrons. The second-order valence-corrected chi connectivity index (χ2v) is 4.35. The minimum atomic E-state index is -1.07. The maximum Gasteiger partial charge on any atom is 0.323 e. The van der Waals surface area contributed by atoms with Gasteiger partial charge in [0.2, 0.25) is 0 Å². The van der Waals surface area contributed by atoms with Crippen molar-refractivity contribution < 1.29 is 19.4 Å². The van der Waals surface area contributed by atoms with E-state index in [-0.39, 0.29) is 5.91 Å². The maximum absolute atomic E-state index is 12.6. The summed E-state index contributed by atoms with van der Waals surface area (Å²) >= 11 is 0. The van der Waals surface area contributed by atoms with Gasteiger partial charge in [0.25, 0.3) is 5.91 Å². The smallest absolute Gasteiger partial charge is 0.323 e. The molecule has 0 atom stereocenters. The molecule has 0 saturated heterocycles. The van der Waals surface area contributed by atoms with Crippen LogP contribution in [0.2, 0.25) is 0 Å². The number of rotatable bonds is 5. The Kier molecular flexibility index (Phi) is 4.56. The topological polar surface area (TPSA) is 66.8 Å². The average molecular weight is 285 g/mol. The predicted octanol–water partition coefficient (Wildman–Crippen LogP) is 2.43. The van der Waals surface area contributed by atoms with E-state index >= 15 is 0 Å². The van der Waals surface area contributed by atoms with Gasteiger partial charge in [0.15, 0.2) is 0 Å². The van der Waals surface area contributed by atoms with E-state index in [4.69, 9.17) is 9.84 Å². The fraction of sp³-hybridized carbons (Fsp3) is 0.125. The van der Waals surface area contributed by atoms with E-state index in [2.05, 4.69) is 0 Å². The van der Waals surface area contributed by atoms with Crippen molar-refractivity contribution in [2.75, 3.05) is 18.6 Å². The molecule has 2 aromatic carbocycles. The molecule has 1 N–H and O–H groups in total. The van der Waals surface area contributed by atoms with Crippen LogP contribution >= 0.6 is 0 Å². The molecule has 0 aromatic heterocycles. The lowest BCUT2D eigenvalue weighted by atomic mass is 10.1. The van der Waals surface area contributed by atoms with E-state index in [9.17, 15) is 9.59 Å². The van der Waals surface area contributed by atoms with Gasteiger partial charge in [-0.05, 0) is 30.3 Å². The normalized spacial score (nSPS) is 9.95. The lowest BCUT2D eigenvalue weighted by Gasteiger charge is -2.21. The molecule has 1 amide bonds. The molecule has 0 unspecified atom stereocenters. The van der Waals surface area contributed by atoms with Crippen LogP contribution in [0.25, 0.3) is 0 Å². The summed E-state index contributed by atoms with van der Waals surface area (Å²) in [6, 6.07) is 15.3. The molecule has 2 rings (SSSR count). The number of anilines is 1. The number of ether oxygens (including phenoxy) is 1. The van der Waals surface area contributed by atoms with Gasteiger partial charge in [0.05, 0.1) is 7.11 Å². The monoisotopic (exact) mass is 285 g/mol. The van der Waals surface area contributed by atoms with Gasteiger partial charge in [-0.1, -0.05) is 24.3 Å². The van der Waals surface area contributed by atoms with Crippen molar-refractivity contribution in [1.29, 1.82) is 0 Å². The zero-order valence-electron chi connectivity index (χ0n) is 11.5. The first kappa shape index (κ1) is 14.6. The van der Waals surface area contributed by atoms with Crippen molar-refractivity contribution in [2.24, 2.45) is 0 Å². The average Bonchev–Trinajstić information content (AvgIpc) is 2.52. The lowest BCUT2D eigenvalue weighted by Crippen LogP contribution is -2.35. The van der Waals surface area contributed by atoms with Crippen LogP contribution in [0.15, 0.2) is 54.6 Å². The molecular weight excluding hydrogens is 270 g/mol. The van der Waals surface area contributed by atoms with Gasteiger partial charge < -0.3 is 9.84 Å². The molecular formula is C16H15NO4. The Bertz CT molecular complexity index is 640. The molecule has 0 heterocycles. The van der Waals surface area contributed by atoms with Gasteiger partial charge in [0.1, 0.15) is 12.3 Å². The molecule has 0 aliphatic rings. The number of nitrogens with zero attached hydrogens (tertiary/aromatic N) is 1. The van der Waals surface area contributed by atoms with E-state index in [1.165, 1.54) is 12.0 Å². The molecule has 21 heavy (non-hydrogen) atoms. The third-order valence-corrected chi connectivity index (χ3v) is 2.92. The molecule has 5 nitrogen and oxygen atoms in total. The van der Waals surface area contributed by atoms with Crippen molar-refractivity contribution in [3.05, 3.63) is 60.2 Å². The Morgan fingerprint density at radius 1 is 1.10 bits per heavy atom. The van der Waals surface area contributed by atoms with Crippen molar-refractivity contribution in [3.63, 3.8) is 0 Å². The number of carbonyl (C=O) groups is 2. The maximum atomic E-state index is 12.6. The van der Waals surface area contributed by atoms with Crippen LogP contribution in [0.1, 0.15) is 10.4 Å². The molecule has 0 radical (unpaired) electrons. The zero-order chi connectivity index (χ0) is 15.2. The highest BCUT2D eigenvalue weighted by Crippen LogP contribution is 2.19. The van der Waals surface area contributed by atoms with Gasteiger partial charge in [-0.15, -0.1) is 0 Å². The number of hydrogen-bond acceptors (Lipinski definition) is 3. The molecule has 0 spiro atoms. The fourth-order valence-electron chi connectivity index (χ4n) is 1.94. The first-order valence-electron chi connectivity index (χ1n) is 6.34. The fourth-order valence-corrected chi connectivity index (χ4v) is 1.94. The molecule has 0 fully saturated rings. The quantitative estimate of drug-likeness (QED) is 0.916.